The largest absolute Gasteiger partial charge is 0.479 e. The highest BCUT2D eigenvalue weighted by Gasteiger charge is 2.13. The number of ether oxygens (including phenoxy) is 1. The fraction of sp³-hybridized carbons (Fsp3) is 0.125. The summed E-state index contributed by atoms with van der Waals surface area (Å²) in [6.45, 7) is 0.119. The number of benzene rings is 2. The minimum absolute atomic E-state index is 0.296. The van der Waals surface area contributed by atoms with Crippen LogP contribution in [0.2, 0.25) is 5.02 Å². The van der Waals surface area contributed by atoms with Gasteiger partial charge in [-0.05, 0) is 23.8 Å². The summed E-state index contributed by atoms with van der Waals surface area (Å²) >= 11 is 6.05. The number of halogens is 1. The van der Waals surface area contributed by atoms with Crippen LogP contribution in [0.3, 0.4) is 0 Å². The van der Waals surface area contributed by atoms with Crippen LogP contribution in [0.1, 0.15) is 5.56 Å². The van der Waals surface area contributed by atoms with Crippen LogP contribution in [-0.4, -0.2) is 27.5 Å². The quantitative estimate of drug-likeness (QED) is 0.785. The smallest absolute Gasteiger partial charge is 0.341 e. The van der Waals surface area contributed by atoms with Gasteiger partial charge < -0.3 is 9.84 Å². The summed E-state index contributed by atoms with van der Waals surface area (Å²) in [5.41, 5.74) is 1.88. The number of carboxylic acid groups (broad SMARTS) is 1. The molecular weight excluding hydrogens is 304 g/mol. The fourth-order valence-electron chi connectivity index (χ4n) is 2.23. The van der Waals surface area contributed by atoms with Crippen molar-refractivity contribution in [1.29, 1.82) is 0 Å². The van der Waals surface area contributed by atoms with Crippen molar-refractivity contribution in [3.63, 3.8) is 0 Å². The van der Waals surface area contributed by atoms with Gasteiger partial charge in [-0.2, -0.15) is 0 Å². The molecule has 0 atom stereocenters. The molecule has 0 spiro atoms. The number of rotatable bonds is 5. The van der Waals surface area contributed by atoms with Crippen molar-refractivity contribution in [2.45, 2.75) is 6.54 Å². The van der Waals surface area contributed by atoms with Gasteiger partial charge in [-0.3, -0.25) is 4.68 Å². The summed E-state index contributed by atoms with van der Waals surface area (Å²) in [4.78, 5) is 10.7. The molecule has 0 fully saturated rings. The van der Waals surface area contributed by atoms with E-state index in [1.165, 1.54) is 0 Å². The second-order valence-electron chi connectivity index (χ2n) is 4.79. The first-order valence-corrected chi connectivity index (χ1v) is 7.06. The van der Waals surface area contributed by atoms with E-state index in [1.54, 1.807) is 22.9 Å². The average Bonchev–Trinajstić information content (AvgIpc) is 2.83. The van der Waals surface area contributed by atoms with Crippen molar-refractivity contribution in [3.8, 4) is 5.88 Å². The molecule has 0 aliphatic rings. The Bertz CT molecular complexity index is 815. The number of nitrogens with zero attached hydrogens (tertiary/aromatic N) is 2. The Morgan fingerprint density at radius 2 is 2.00 bits per heavy atom. The number of carboxylic acids is 1. The van der Waals surface area contributed by atoms with Crippen molar-refractivity contribution in [2.24, 2.45) is 0 Å². The molecule has 0 radical (unpaired) electrons. The van der Waals surface area contributed by atoms with E-state index in [9.17, 15) is 4.79 Å². The van der Waals surface area contributed by atoms with Crippen LogP contribution in [0.15, 0.2) is 48.5 Å². The summed E-state index contributed by atoms with van der Waals surface area (Å²) in [5, 5.41) is 14.4. The number of hydrogen-bond acceptors (Lipinski definition) is 3. The zero-order chi connectivity index (χ0) is 15.5. The highest BCUT2D eigenvalue weighted by atomic mass is 35.5. The summed E-state index contributed by atoms with van der Waals surface area (Å²) in [6.07, 6.45) is 0. The molecule has 5 nitrogen and oxygen atoms in total. The molecule has 0 amide bonds. The third-order valence-electron chi connectivity index (χ3n) is 3.19. The molecule has 1 heterocycles. The van der Waals surface area contributed by atoms with Gasteiger partial charge in [-0.1, -0.05) is 41.9 Å². The molecule has 0 saturated heterocycles. The summed E-state index contributed by atoms with van der Waals surface area (Å²) < 4.78 is 7.02. The minimum atomic E-state index is -1.04. The molecule has 1 N–H and O–H groups in total. The lowest BCUT2D eigenvalue weighted by Gasteiger charge is -2.03. The van der Waals surface area contributed by atoms with Crippen molar-refractivity contribution in [2.75, 3.05) is 6.61 Å². The molecule has 6 heteroatoms. The molecule has 0 saturated carbocycles. The van der Waals surface area contributed by atoms with Crippen LogP contribution in [-0.2, 0) is 11.3 Å². The first-order chi connectivity index (χ1) is 10.6. The van der Waals surface area contributed by atoms with Crippen LogP contribution >= 0.6 is 11.6 Å². The summed E-state index contributed by atoms with van der Waals surface area (Å²) in [5.74, 6) is -0.746. The zero-order valence-electron chi connectivity index (χ0n) is 11.6. The third-order valence-corrected chi connectivity index (χ3v) is 3.42. The highest BCUT2D eigenvalue weighted by molar-refractivity contribution is 6.31. The lowest BCUT2D eigenvalue weighted by Crippen LogP contribution is -2.10. The highest BCUT2D eigenvalue weighted by Crippen LogP contribution is 2.28. The molecule has 0 aliphatic carbocycles. The lowest BCUT2D eigenvalue weighted by molar-refractivity contribution is -0.139. The minimum Gasteiger partial charge on any atom is -0.479 e. The van der Waals surface area contributed by atoms with Gasteiger partial charge in [0.2, 0.25) is 5.88 Å². The zero-order valence-corrected chi connectivity index (χ0v) is 12.3. The molecule has 112 valence electrons. The van der Waals surface area contributed by atoms with Gasteiger partial charge in [0, 0.05) is 5.02 Å². The molecule has 1 aromatic heterocycles. The Morgan fingerprint density at radius 3 is 2.73 bits per heavy atom. The number of hydrogen-bond donors (Lipinski definition) is 1. The normalized spacial score (nSPS) is 10.8. The predicted molar refractivity (Wildman–Crippen MR) is 83.4 cm³/mol. The van der Waals surface area contributed by atoms with Gasteiger partial charge in [0.25, 0.3) is 0 Å². The second kappa shape index (κ2) is 6.07. The number of fused-ring (bicyclic) bond motifs is 1. The van der Waals surface area contributed by atoms with E-state index >= 15 is 0 Å². The number of carbonyl (C=O) groups is 1. The van der Waals surface area contributed by atoms with Crippen molar-refractivity contribution >= 4 is 28.5 Å². The van der Waals surface area contributed by atoms with Gasteiger partial charge >= 0.3 is 5.97 Å². The van der Waals surface area contributed by atoms with E-state index < -0.39 is 12.6 Å². The third kappa shape index (κ3) is 3.04. The number of aromatic nitrogens is 2. The van der Waals surface area contributed by atoms with Crippen LogP contribution in [0.4, 0.5) is 0 Å². The van der Waals surface area contributed by atoms with Crippen molar-refractivity contribution in [1.82, 2.24) is 9.78 Å². The van der Waals surface area contributed by atoms with E-state index in [-0.39, 0.29) is 0 Å². The van der Waals surface area contributed by atoms with Crippen LogP contribution < -0.4 is 4.74 Å². The Balaban J connectivity index is 2.01. The van der Waals surface area contributed by atoms with Crippen molar-refractivity contribution in [3.05, 3.63) is 59.1 Å². The number of aliphatic carboxylic acids is 1. The van der Waals surface area contributed by atoms with E-state index in [4.69, 9.17) is 21.4 Å². The molecule has 0 bridgehead atoms. The molecule has 0 unspecified atom stereocenters. The standard InChI is InChI=1S/C16H13ClN2O3/c17-12-6-7-13-14(8-12)19(9-11-4-2-1-3-5-11)18-16(13)22-10-15(20)21/h1-8H,9-10H2,(H,20,21). The maximum absolute atomic E-state index is 10.7. The van der Waals surface area contributed by atoms with Crippen molar-refractivity contribution < 1.29 is 14.6 Å². The predicted octanol–water partition coefficient (Wildman–Crippen LogP) is 3.20. The average molecular weight is 317 g/mol. The molecular formula is C16H13ClN2O3. The summed E-state index contributed by atoms with van der Waals surface area (Å²) in [6, 6.07) is 15.1. The van der Waals surface area contributed by atoms with Gasteiger partial charge in [-0.15, -0.1) is 5.10 Å². The first kappa shape index (κ1) is 14.4. The Hall–Kier alpha value is -2.53. The lowest BCUT2D eigenvalue weighted by atomic mass is 10.2. The van der Waals surface area contributed by atoms with Gasteiger partial charge in [0.1, 0.15) is 0 Å². The molecule has 3 aromatic rings. The second-order valence-corrected chi connectivity index (χ2v) is 5.23. The van der Waals surface area contributed by atoms with Gasteiger partial charge in [0.15, 0.2) is 6.61 Å². The van der Waals surface area contributed by atoms with E-state index in [2.05, 4.69) is 5.10 Å². The molecule has 3 rings (SSSR count). The summed E-state index contributed by atoms with van der Waals surface area (Å²) in [7, 11) is 0. The van der Waals surface area contributed by atoms with Crippen LogP contribution in [0.25, 0.3) is 10.9 Å². The van der Waals surface area contributed by atoms with Gasteiger partial charge in [-0.25, -0.2) is 4.79 Å². The molecule has 2 aromatic carbocycles. The Kier molecular flexibility index (Phi) is 3.98. The Morgan fingerprint density at radius 1 is 1.23 bits per heavy atom. The molecule has 22 heavy (non-hydrogen) atoms. The maximum atomic E-state index is 10.7. The van der Waals surface area contributed by atoms with E-state index in [0.717, 1.165) is 16.5 Å². The molecule has 0 aliphatic heterocycles. The Labute approximate surface area is 131 Å². The van der Waals surface area contributed by atoms with Crippen LogP contribution in [0.5, 0.6) is 5.88 Å². The van der Waals surface area contributed by atoms with E-state index in [0.29, 0.717) is 17.4 Å². The first-order valence-electron chi connectivity index (χ1n) is 6.68. The fourth-order valence-corrected chi connectivity index (χ4v) is 2.40. The topological polar surface area (TPSA) is 64.3 Å². The van der Waals surface area contributed by atoms with Crippen LogP contribution in [0, 0.1) is 0 Å². The van der Waals surface area contributed by atoms with E-state index in [1.807, 2.05) is 30.3 Å². The monoisotopic (exact) mass is 316 g/mol. The SMILES string of the molecule is O=C(O)COc1nn(Cc2ccccc2)c2cc(Cl)ccc12. The maximum Gasteiger partial charge on any atom is 0.341 e. The van der Waals surface area contributed by atoms with Gasteiger partial charge in [0.05, 0.1) is 17.4 Å².